The highest BCUT2D eigenvalue weighted by atomic mass is 16.5. The van der Waals surface area contributed by atoms with E-state index < -0.39 is 11.1 Å². The Bertz CT molecular complexity index is 385. The van der Waals surface area contributed by atoms with Crippen molar-refractivity contribution in [2.75, 3.05) is 13.7 Å². The Balaban J connectivity index is 4.83. The van der Waals surface area contributed by atoms with E-state index in [-0.39, 0.29) is 18.1 Å². The van der Waals surface area contributed by atoms with Crippen molar-refractivity contribution in [2.45, 2.75) is 77.5 Å². The fourth-order valence-electron chi connectivity index (χ4n) is 1.99. The van der Waals surface area contributed by atoms with Crippen molar-refractivity contribution in [3.8, 4) is 6.07 Å². The number of rotatable bonds is 9. The van der Waals surface area contributed by atoms with Crippen molar-refractivity contribution in [2.24, 2.45) is 16.1 Å². The average Bonchev–Trinajstić information content (AvgIpc) is 2.42. The number of azo groups is 1. The largest absolute Gasteiger partial charge is 0.396 e. The lowest BCUT2D eigenvalue weighted by atomic mass is 9.89. The third-order valence-corrected chi connectivity index (χ3v) is 3.67. The molecule has 0 amide bonds. The van der Waals surface area contributed by atoms with Crippen molar-refractivity contribution in [3.63, 3.8) is 0 Å². The monoisotopic (exact) mass is 297 g/mol. The van der Waals surface area contributed by atoms with Gasteiger partial charge in [-0.3, -0.25) is 0 Å². The molecule has 0 aliphatic carbocycles. The van der Waals surface area contributed by atoms with Crippen molar-refractivity contribution in [1.29, 1.82) is 5.26 Å². The Morgan fingerprint density at radius 2 is 1.76 bits per heavy atom. The number of nitriles is 1. The summed E-state index contributed by atoms with van der Waals surface area (Å²) in [5.74, 6) is 0.259. The van der Waals surface area contributed by atoms with E-state index in [2.05, 4.69) is 16.3 Å². The summed E-state index contributed by atoms with van der Waals surface area (Å²) in [6, 6.07) is 2.24. The zero-order valence-corrected chi connectivity index (χ0v) is 14.6. The van der Waals surface area contributed by atoms with E-state index in [4.69, 9.17) is 9.84 Å². The summed E-state index contributed by atoms with van der Waals surface area (Å²) >= 11 is 0. The standard InChI is InChI=1S/C16H31N3O2/c1-13(10-20)8-9-14(2,3)18-19-16(6,12-17)11-15(4,5)21-7/h13,20H,8-11H2,1-7H3. The summed E-state index contributed by atoms with van der Waals surface area (Å²) < 4.78 is 5.38. The lowest BCUT2D eigenvalue weighted by Crippen LogP contribution is -2.34. The molecule has 1 N–H and O–H groups in total. The smallest absolute Gasteiger partial charge is 0.167 e. The Morgan fingerprint density at radius 1 is 1.19 bits per heavy atom. The molecule has 0 bridgehead atoms. The molecule has 0 saturated carbocycles. The molecular formula is C16H31N3O2. The van der Waals surface area contributed by atoms with Gasteiger partial charge in [0.15, 0.2) is 5.54 Å². The highest BCUT2D eigenvalue weighted by molar-refractivity contribution is 5.06. The molecule has 0 fully saturated rings. The van der Waals surface area contributed by atoms with Crippen LogP contribution in [0.15, 0.2) is 10.2 Å². The third-order valence-electron chi connectivity index (χ3n) is 3.67. The predicted molar refractivity (Wildman–Crippen MR) is 84.1 cm³/mol. The molecule has 0 spiro atoms. The van der Waals surface area contributed by atoms with E-state index in [9.17, 15) is 5.26 Å². The molecular weight excluding hydrogens is 266 g/mol. The first-order valence-corrected chi connectivity index (χ1v) is 7.50. The Labute approximate surface area is 129 Å². The van der Waals surface area contributed by atoms with Gasteiger partial charge >= 0.3 is 0 Å². The van der Waals surface area contributed by atoms with Crippen LogP contribution in [0.4, 0.5) is 0 Å². The molecule has 0 rings (SSSR count). The summed E-state index contributed by atoms with van der Waals surface area (Å²) in [6.45, 7) is 11.8. The summed E-state index contributed by atoms with van der Waals surface area (Å²) in [5, 5.41) is 27.2. The van der Waals surface area contributed by atoms with Gasteiger partial charge in [-0.25, -0.2) is 0 Å². The van der Waals surface area contributed by atoms with E-state index >= 15 is 0 Å². The number of nitrogens with zero attached hydrogens (tertiary/aromatic N) is 3. The van der Waals surface area contributed by atoms with Gasteiger partial charge in [-0.05, 0) is 53.4 Å². The minimum Gasteiger partial charge on any atom is -0.396 e. The van der Waals surface area contributed by atoms with E-state index in [0.29, 0.717) is 6.42 Å². The molecule has 21 heavy (non-hydrogen) atoms. The number of aliphatic hydroxyl groups excluding tert-OH is 1. The van der Waals surface area contributed by atoms with Crippen LogP contribution in [0.3, 0.4) is 0 Å². The molecule has 0 aliphatic rings. The van der Waals surface area contributed by atoms with Crippen LogP contribution in [0.1, 0.15) is 60.8 Å². The SMILES string of the molecule is COC(C)(C)CC(C)(C#N)N=NC(C)(C)CCC(C)CO. The molecule has 5 heteroatoms. The number of hydrogen-bond donors (Lipinski definition) is 1. The first-order chi connectivity index (χ1) is 9.49. The van der Waals surface area contributed by atoms with Crippen LogP contribution in [0.25, 0.3) is 0 Å². The van der Waals surface area contributed by atoms with E-state index in [1.54, 1.807) is 14.0 Å². The van der Waals surface area contributed by atoms with Gasteiger partial charge in [0, 0.05) is 20.1 Å². The van der Waals surface area contributed by atoms with Gasteiger partial charge in [0.05, 0.1) is 17.2 Å². The van der Waals surface area contributed by atoms with Gasteiger partial charge in [-0.1, -0.05) is 6.92 Å². The lowest BCUT2D eigenvalue weighted by molar-refractivity contribution is 0.00456. The normalized spacial score (nSPS) is 17.5. The molecule has 2 atom stereocenters. The fraction of sp³-hybridized carbons (Fsp3) is 0.938. The minimum absolute atomic E-state index is 0.186. The summed E-state index contributed by atoms with van der Waals surface area (Å²) in [7, 11) is 1.63. The van der Waals surface area contributed by atoms with Gasteiger partial charge in [0.25, 0.3) is 0 Å². The van der Waals surface area contributed by atoms with Crippen molar-refractivity contribution in [3.05, 3.63) is 0 Å². The Kier molecular flexibility index (Phi) is 7.49. The maximum absolute atomic E-state index is 9.40. The van der Waals surface area contributed by atoms with Gasteiger partial charge < -0.3 is 9.84 Å². The average molecular weight is 297 g/mol. The first kappa shape index (κ1) is 20.0. The van der Waals surface area contributed by atoms with Crippen molar-refractivity contribution >= 4 is 0 Å². The van der Waals surface area contributed by atoms with Crippen LogP contribution >= 0.6 is 0 Å². The summed E-state index contributed by atoms with van der Waals surface area (Å²) in [5.41, 5.74) is -1.64. The second kappa shape index (κ2) is 7.86. The van der Waals surface area contributed by atoms with Gasteiger partial charge in [-0.15, -0.1) is 0 Å². The van der Waals surface area contributed by atoms with Crippen LogP contribution in [-0.2, 0) is 4.74 Å². The highest BCUT2D eigenvalue weighted by Gasteiger charge is 2.33. The van der Waals surface area contributed by atoms with Crippen LogP contribution in [-0.4, -0.2) is 35.5 Å². The quantitative estimate of drug-likeness (QED) is 0.659. The summed E-state index contributed by atoms with van der Waals surface area (Å²) in [4.78, 5) is 0. The summed E-state index contributed by atoms with van der Waals surface area (Å²) in [6.07, 6.45) is 2.20. The minimum atomic E-state index is -0.890. The molecule has 0 aliphatic heterocycles. The third kappa shape index (κ3) is 8.13. The number of ether oxygens (including phenoxy) is 1. The molecule has 0 aromatic rings. The van der Waals surface area contributed by atoms with Gasteiger partial charge in [-0.2, -0.15) is 15.5 Å². The second-order valence-electron chi connectivity index (χ2n) is 7.37. The molecule has 0 aromatic heterocycles. The molecule has 2 unspecified atom stereocenters. The van der Waals surface area contributed by atoms with Gasteiger partial charge in [0.2, 0.25) is 0 Å². The maximum Gasteiger partial charge on any atom is 0.167 e. The molecule has 5 nitrogen and oxygen atoms in total. The van der Waals surface area contributed by atoms with Crippen LogP contribution < -0.4 is 0 Å². The Hall–Kier alpha value is -0.990. The zero-order chi connectivity index (χ0) is 16.7. The topological polar surface area (TPSA) is 78.0 Å². The van der Waals surface area contributed by atoms with Gasteiger partial charge in [0.1, 0.15) is 0 Å². The van der Waals surface area contributed by atoms with Crippen LogP contribution in [0.2, 0.25) is 0 Å². The van der Waals surface area contributed by atoms with Crippen molar-refractivity contribution in [1.82, 2.24) is 0 Å². The molecule has 0 radical (unpaired) electrons. The second-order valence-corrected chi connectivity index (χ2v) is 7.37. The number of hydrogen-bond acceptors (Lipinski definition) is 5. The fourth-order valence-corrected chi connectivity index (χ4v) is 1.99. The molecule has 0 saturated heterocycles. The van der Waals surface area contributed by atoms with E-state index in [1.807, 2.05) is 34.6 Å². The number of aliphatic hydroxyl groups is 1. The van der Waals surface area contributed by atoms with E-state index in [1.165, 1.54) is 0 Å². The van der Waals surface area contributed by atoms with Crippen LogP contribution in [0, 0.1) is 17.2 Å². The first-order valence-electron chi connectivity index (χ1n) is 7.50. The van der Waals surface area contributed by atoms with Crippen molar-refractivity contribution < 1.29 is 9.84 Å². The molecule has 0 aromatic carbocycles. The Morgan fingerprint density at radius 3 is 2.19 bits per heavy atom. The number of methoxy groups -OCH3 is 1. The zero-order valence-electron chi connectivity index (χ0n) is 14.6. The lowest BCUT2D eigenvalue weighted by Gasteiger charge is -2.29. The van der Waals surface area contributed by atoms with E-state index in [0.717, 1.165) is 12.8 Å². The molecule has 122 valence electrons. The predicted octanol–water partition coefficient (Wildman–Crippen LogP) is 3.72. The molecule has 0 heterocycles. The maximum atomic E-state index is 9.40. The van der Waals surface area contributed by atoms with Crippen LogP contribution in [0.5, 0.6) is 0 Å². The highest BCUT2D eigenvalue weighted by Crippen LogP contribution is 2.28.